The summed E-state index contributed by atoms with van der Waals surface area (Å²) in [4.78, 5) is 24.7. The second-order valence-corrected chi connectivity index (χ2v) is 27.0. The van der Waals surface area contributed by atoms with Gasteiger partial charge in [0.1, 0.15) is 0 Å². The topological polar surface area (TPSA) is 95.9 Å². The molecule has 0 radical (unpaired) electrons. The van der Waals surface area contributed by atoms with Crippen LogP contribution in [0.3, 0.4) is 0 Å². The predicted octanol–water partition coefficient (Wildman–Crippen LogP) is 25.8. The molecule has 0 fully saturated rings. The Morgan fingerprint density at radius 1 is 0.326 bits per heavy atom. The van der Waals surface area contributed by atoms with Crippen molar-refractivity contribution >= 4 is 11.9 Å². The number of carbonyl (C=O) groups excluding carboxylic acids is 2. The van der Waals surface area contributed by atoms with Crippen LogP contribution >= 0.6 is 0 Å². The third-order valence-corrected chi connectivity index (χ3v) is 18.4. The van der Waals surface area contributed by atoms with Crippen LogP contribution in [0.5, 0.6) is 0 Å². The van der Waals surface area contributed by atoms with Crippen LogP contribution in [0.4, 0.5) is 0 Å². The minimum absolute atomic E-state index is 0.00381. The molecule has 2 unspecified atom stereocenters. The predicted molar refractivity (Wildman–Crippen MR) is 379 cm³/mol. The molecule has 0 aromatic rings. The van der Waals surface area contributed by atoms with Crippen molar-refractivity contribution < 1.29 is 24.5 Å². The number of hydrogen-bond donors (Lipinski definition) is 3. The summed E-state index contributed by atoms with van der Waals surface area (Å²) in [7, 11) is 0. The molecule has 0 saturated carbocycles. The lowest BCUT2D eigenvalue weighted by atomic mass is 10.0. The van der Waals surface area contributed by atoms with Crippen LogP contribution in [0.15, 0.2) is 36.5 Å². The van der Waals surface area contributed by atoms with Crippen molar-refractivity contribution in [3.63, 3.8) is 0 Å². The maximum absolute atomic E-state index is 12.6. The summed E-state index contributed by atoms with van der Waals surface area (Å²) >= 11 is 0. The average molecular weight is 1210 g/mol. The van der Waals surface area contributed by atoms with E-state index in [4.69, 9.17) is 4.74 Å². The lowest BCUT2D eigenvalue weighted by molar-refractivity contribution is -0.143. The Hall–Kier alpha value is -1.92. The molecule has 0 aliphatic carbocycles. The Kier molecular flexibility index (Phi) is 73.9. The van der Waals surface area contributed by atoms with Gasteiger partial charge in [-0.2, -0.15) is 0 Å². The zero-order chi connectivity index (χ0) is 62.0. The summed E-state index contributed by atoms with van der Waals surface area (Å²) < 4.78 is 5.49. The first kappa shape index (κ1) is 84.1. The molecule has 0 heterocycles. The second kappa shape index (κ2) is 75.5. The molecule has 0 rings (SSSR count). The van der Waals surface area contributed by atoms with Crippen LogP contribution in [-0.4, -0.2) is 47.4 Å². The van der Waals surface area contributed by atoms with E-state index in [1.54, 1.807) is 0 Å². The number of ether oxygens (including phenoxy) is 1. The highest BCUT2D eigenvalue weighted by Crippen LogP contribution is 2.20. The molecule has 0 aliphatic heterocycles. The van der Waals surface area contributed by atoms with Gasteiger partial charge >= 0.3 is 5.97 Å². The summed E-state index contributed by atoms with van der Waals surface area (Å²) in [6, 6.07) is -0.542. The molecule has 6 heteroatoms. The summed E-state index contributed by atoms with van der Waals surface area (Å²) in [5, 5.41) is 23.5. The van der Waals surface area contributed by atoms with Crippen LogP contribution in [0.25, 0.3) is 0 Å². The molecule has 0 aromatic heterocycles. The van der Waals surface area contributed by atoms with E-state index in [9.17, 15) is 19.8 Å². The molecule has 508 valence electrons. The van der Waals surface area contributed by atoms with Crippen molar-refractivity contribution in [1.82, 2.24) is 5.32 Å². The van der Waals surface area contributed by atoms with E-state index >= 15 is 0 Å². The average Bonchev–Trinajstić information content (AvgIpc) is 3.54. The maximum Gasteiger partial charge on any atom is 0.305 e. The Labute approximate surface area is 538 Å². The number of hydrogen-bond acceptors (Lipinski definition) is 5. The van der Waals surface area contributed by atoms with Crippen molar-refractivity contribution in [2.45, 2.75) is 450 Å². The first-order valence-electron chi connectivity index (χ1n) is 39.2. The number of aliphatic hydroxyl groups is 2. The molecule has 1 amide bonds. The van der Waals surface area contributed by atoms with Crippen LogP contribution in [-0.2, 0) is 14.3 Å². The Balaban J connectivity index is 3.37. The summed E-state index contributed by atoms with van der Waals surface area (Å²) in [6.07, 6.45) is 98.0. The van der Waals surface area contributed by atoms with Gasteiger partial charge in [0, 0.05) is 12.8 Å². The normalized spacial score (nSPS) is 12.7. The van der Waals surface area contributed by atoms with Gasteiger partial charge in [0.15, 0.2) is 0 Å². The zero-order valence-electron chi connectivity index (χ0n) is 58.3. The van der Waals surface area contributed by atoms with Crippen LogP contribution < -0.4 is 5.32 Å². The van der Waals surface area contributed by atoms with Crippen molar-refractivity contribution in [2.24, 2.45) is 0 Å². The number of nitrogens with one attached hydrogen (secondary N) is 1. The summed E-state index contributed by atoms with van der Waals surface area (Å²) in [6.45, 7) is 4.97. The molecule has 0 saturated heterocycles. The monoisotopic (exact) mass is 1210 g/mol. The van der Waals surface area contributed by atoms with Gasteiger partial charge in [-0.05, 0) is 83.5 Å². The molecule has 0 aliphatic rings. The lowest BCUT2D eigenvalue weighted by Gasteiger charge is -2.22. The van der Waals surface area contributed by atoms with Gasteiger partial charge < -0.3 is 20.3 Å². The first-order valence-corrected chi connectivity index (χ1v) is 39.2. The van der Waals surface area contributed by atoms with Crippen LogP contribution in [0, 0.1) is 0 Å². The highest BCUT2D eigenvalue weighted by Gasteiger charge is 2.20. The Morgan fingerprint density at radius 3 is 0.919 bits per heavy atom. The van der Waals surface area contributed by atoms with E-state index < -0.39 is 12.1 Å². The lowest BCUT2D eigenvalue weighted by Crippen LogP contribution is -2.45. The molecule has 0 spiro atoms. The molecule has 0 aromatic carbocycles. The number of unbranched alkanes of at least 4 members (excludes halogenated alkanes) is 57. The number of amides is 1. The second-order valence-electron chi connectivity index (χ2n) is 27.0. The standard InChI is InChI=1S/C80H153NO5/c1-3-5-7-9-11-13-15-17-19-20-21-22-23-32-35-38-41-45-48-52-56-60-64-68-72-78(83)77(76-82)81-79(84)73-69-65-61-57-53-49-46-42-39-36-33-30-28-26-24-25-27-29-31-34-37-40-43-47-51-55-59-63-67-71-75-86-80(85)74-70-66-62-58-54-50-44-18-16-14-12-10-8-6-4-2/h12,14,18,25,27,44,77-78,82-83H,3-11,13,15-17,19-24,26,28-43,45-76H2,1-2H3,(H,81,84)/b14-12-,27-25-,44-18-. The largest absolute Gasteiger partial charge is 0.466 e. The third kappa shape index (κ3) is 71.2. The smallest absolute Gasteiger partial charge is 0.305 e. The van der Waals surface area contributed by atoms with Gasteiger partial charge in [0.05, 0.1) is 25.4 Å². The molecular formula is C80H153NO5. The van der Waals surface area contributed by atoms with Crippen molar-refractivity contribution in [1.29, 1.82) is 0 Å². The van der Waals surface area contributed by atoms with E-state index in [2.05, 4.69) is 55.6 Å². The van der Waals surface area contributed by atoms with E-state index in [1.165, 1.54) is 353 Å². The SMILES string of the molecule is CCCCC/C=C\C/C=C\CCCCCCCC(=O)OCCCCCCCCCCCCCC/C=C\CCCCCCCCCCCCCCCCC(=O)NC(CO)C(O)CCCCCCCCCCCCCCCCCCCCCCCCCC. The number of esters is 1. The summed E-state index contributed by atoms with van der Waals surface area (Å²) in [5.74, 6) is -0.0245. The van der Waals surface area contributed by atoms with E-state index in [0.29, 0.717) is 25.9 Å². The Bertz CT molecular complexity index is 1390. The number of allylic oxidation sites excluding steroid dienone is 6. The number of aliphatic hydroxyl groups excluding tert-OH is 2. The van der Waals surface area contributed by atoms with Crippen molar-refractivity contribution in [3.8, 4) is 0 Å². The first-order chi connectivity index (χ1) is 42.5. The molecule has 0 bridgehead atoms. The number of rotatable bonds is 74. The van der Waals surface area contributed by atoms with E-state index in [-0.39, 0.29) is 18.5 Å². The van der Waals surface area contributed by atoms with Crippen molar-refractivity contribution in [3.05, 3.63) is 36.5 Å². The Morgan fingerprint density at radius 2 is 0.581 bits per heavy atom. The quantitative estimate of drug-likeness (QED) is 0.0320. The molecular weight excluding hydrogens is 1050 g/mol. The fourth-order valence-electron chi connectivity index (χ4n) is 12.4. The minimum atomic E-state index is -0.665. The maximum atomic E-state index is 12.6. The highest BCUT2D eigenvalue weighted by molar-refractivity contribution is 5.76. The highest BCUT2D eigenvalue weighted by atomic mass is 16.5. The molecule has 3 N–H and O–H groups in total. The summed E-state index contributed by atoms with van der Waals surface area (Å²) in [5.41, 5.74) is 0. The molecule has 2 atom stereocenters. The fourth-order valence-corrected chi connectivity index (χ4v) is 12.4. The van der Waals surface area contributed by atoms with Gasteiger partial charge in [0.2, 0.25) is 5.91 Å². The minimum Gasteiger partial charge on any atom is -0.466 e. The number of carbonyl (C=O) groups is 2. The zero-order valence-corrected chi connectivity index (χ0v) is 58.3. The molecule has 86 heavy (non-hydrogen) atoms. The van der Waals surface area contributed by atoms with E-state index in [0.717, 1.165) is 51.4 Å². The third-order valence-electron chi connectivity index (χ3n) is 18.4. The van der Waals surface area contributed by atoms with Crippen LogP contribution in [0.2, 0.25) is 0 Å². The van der Waals surface area contributed by atoms with Gasteiger partial charge in [-0.25, -0.2) is 0 Å². The van der Waals surface area contributed by atoms with Gasteiger partial charge in [-0.3, -0.25) is 9.59 Å². The fraction of sp³-hybridized carbons (Fsp3) is 0.900. The van der Waals surface area contributed by atoms with E-state index in [1.807, 2.05) is 0 Å². The van der Waals surface area contributed by atoms with Gasteiger partial charge in [-0.1, -0.05) is 378 Å². The molecule has 6 nitrogen and oxygen atoms in total. The van der Waals surface area contributed by atoms with Crippen molar-refractivity contribution in [2.75, 3.05) is 13.2 Å². The van der Waals surface area contributed by atoms with Gasteiger partial charge in [-0.15, -0.1) is 0 Å². The van der Waals surface area contributed by atoms with Crippen LogP contribution in [0.1, 0.15) is 438 Å². The van der Waals surface area contributed by atoms with Gasteiger partial charge in [0.25, 0.3) is 0 Å².